The lowest BCUT2D eigenvalue weighted by Gasteiger charge is -2.17. The molecular formula is C11H19N3. The molecule has 1 unspecified atom stereocenters. The van der Waals surface area contributed by atoms with Gasteiger partial charge in [0.2, 0.25) is 0 Å². The van der Waals surface area contributed by atoms with Crippen LogP contribution in [0.5, 0.6) is 0 Å². The Morgan fingerprint density at radius 1 is 1.57 bits per heavy atom. The number of imidazole rings is 1. The van der Waals surface area contributed by atoms with Crippen molar-refractivity contribution in [2.24, 2.45) is 0 Å². The van der Waals surface area contributed by atoms with Crippen molar-refractivity contribution in [2.75, 3.05) is 13.1 Å². The molecule has 1 fully saturated rings. The third-order valence-corrected chi connectivity index (χ3v) is 2.95. The molecule has 14 heavy (non-hydrogen) atoms. The minimum atomic E-state index is 0.521. The summed E-state index contributed by atoms with van der Waals surface area (Å²) in [5.41, 5.74) is 1.28. The lowest BCUT2D eigenvalue weighted by atomic mass is 10.1. The van der Waals surface area contributed by atoms with E-state index in [1.807, 2.05) is 6.20 Å². The number of aryl methyl sites for hydroxylation is 1. The first-order chi connectivity index (χ1) is 6.70. The van der Waals surface area contributed by atoms with E-state index in [2.05, 4.69) is 35.6 Å². The Labute approximate surface area is 85.5 Å². The van der Waals surface area contributed by atoms with Crippen LogP contribution < -0.4 is 5.32 Å². The van der Waals surface area contributed by atoms with E-state index in [-0.39, 0.29) is 0 Å². The van der Waals surface area contributed by atoms with Crippen LogP contribution in [0, 0.1) is 6.92 Å². The first-order valence-electron chi connectivity index (χ1n) is 5.44. The summed E-state index contributed by atoms with van der Waals surface area (Å²) in [6.07, 6.45) is 3.22. The van der Waals surface area contributed by atoms with E-state index < -0.39 is 0 Å². The van der Waals surface area contributed by atoms with Crippen molar-refractivity contribution in [1.29, 1.82) is 0 Å². The maximum absolute atomic E-state index is 4.54. The van der Waals surface area contributed by atoms with Gasteiger partial charge in [0.1, 0.15) is 5.82 Å². The minimum Gasteiger partial charge on any atom is -0.330 e. The normalized spacial score (nSPS) is 22.1. The molecule has 1 N–H and O–H groups in total. The quantitative estimate of drug-likeness (QED) is 0.777. The van der Waals surface area contributed by atoms with Gasteiger partial charge in [-0.05, 0) is 33.7 Å². The van der Waals surface area contributed by atoms with Crippen LogP contribution in [0.15, 0.2) is 6.20 Å². The fraction of sp³-hybridized carbons (Fsp3) is 0.727. The van der Waals surface area contributed by atoms with Gasteiger partial charge >= 0.3 is 0 Å². The molecule has 0 spiro atoms. The van der Waals surface area contributed by atoms with Gasteiger partial charge in [0.05, 0.1) is 0 Å². The van der Waals surface area contributed by atoms with E-state index in [4.69, 9.17) is 0 Å². The molecule has 2 heterocycles. The van der Waals surface area contributed by atoms with Crippen LogP contribution >= 0.6 is 0 Å². The molecule has 3 nitrogen and oxygen atoms in total. The second-order valence-corrected chi connectivity index (χ2v) is 4.41. The fourth-order valence-electron chi connectivity index (χ4n) is 2.31. The predicted molar refractivity (Wildman–Crippen MR) is 57.6 cm³/mol. The number of aromatic nitrogens is 2. The van der Waals surface area contributed by atoms with Gasteiger partial charge in [-0.2, -0.15) is 0 Å². The number of hydrogen-bond donors (Lipinski definition) is 1. The Kier molecular flexibility index (Phi) is 2.59. The minimum absolute atomic E-state index is 0.521. The van der Waals surface area contributed by atoms with Crippen LogP contribution in [-0.4, -0.2) is 22.6 Å². The van der Waals surface area contributed by atoms with Crippen LogP contribution in [0.2, 0.25) is 0 Å². The number of nitrogens with one attached hydrogen (secondary N) is 1. The molecule has 78 valence electrons. The Balaban J connectivity index is 2.32. The molecule has 1 aliphatic rings. The Hall–Kier alpha value is -0.830. The zero-order valence-electron chi connectivity index (χ0n) is 9.25. The fourth-order valence-corrected chi connectivity index (χ4v) is 2.31. The van der Waals surface area contributed by atoms with Crippen LogP contribution in [-0.2, 0) is 0 Å². The lowest BCUT2D eigenvalue weighted by Crippen LogP contribution is -2.14. The zero-order valence-corrected chi connectivity index (χ0v) is 9.25. The maximum Gasteiger partial charge on any atom is 0.113 e. The molecule has 3 heteroatoms. The third-order valence-electron chi connectivity index (χ3n) is 2.95. The van der Waals surface area contributed by atoms with Crippen molar-refractivity contribution >= 4 is 0 Å². The van der Waals surface area contributed by atoms with E-state index in [0.717, 1.165) is 13.1 Å². The first kappa shape index (κ1) is 9.71. The highest BCUT2D eigenvalue weighted by molar-refractivity contribution is 5.11. The SMILES string of the molecule is Cc1cnc(C2CCNC2)n1C(C)C. The number of nitrogens with zero attached hydrogens (tertiary/aromatic N) is 2. The summed E-state index contributed by atoms with van der Waals surface area (Å²) in [5.74, 6) is 1.88. The molecule has 0 amide bonds. The molecule has 1 saturated heterocycles. The van der Waals surface area contributed by atoms with Crippen molar-refractivity contribution in [3.8, 4) is 0 Å². The van der Waals surface area contributed by atoms with E-state index in [0.29, 0.717) is 12.0 Å². The highest BCUT2D eigenvalue weighted by Crippen LogP contribution is 2.24. The Morgan fingerprint density at radius 2 is 2.36 bits per heavy atom. The molecule has 1 aromatic rings. The monoisotopic (exact) mass is 193 g/mol. The molecule has 1 aliphatic heterocycles. The molecule has 0 aromatic carbocycles. The second-order valence-electron chi connectivity index (χ2n) is 4.41. The van der Waals surface area contributed by atoms with Crippen LogP contribution in [0.25, 0.3) is 0 Å². The van der Waals surface area contributed by atoms with Gasteiger partial charge in [0.15, 0.2) is 0 Å². The number of hydrogen-bond acceptors (Lipinski definition) is 2. The average molecular weight is 193 g/mol. The maximum atomic E-state index is 4.54. The van der Waals surface area contributed by atoms with E-state index in [9.17, 15) is 0 Å². The van der Waals surface area contributed by atoms with Gasteiger partial charge in [-0.15, -0.1) is 0 Å². The third kappa shape index (κ3) is 1.57. The Bertz CT molecular complexity index is 308. The van der Waals surface area contributed by atoms with Crippen molar-refractivity contribution in [3.63, 3.8) is 0 Å². The van der Waals surface area contributed by atoms with Crippen molar-refractivity contribution in [1.82, 2.24) is 14.9 Å². The van der Waals surface area contributed by atoms with Crippen molar-refractivity contribution in [2.45, 2.75) is 39.2 Å². The van der Waals surface area contributed by atoms with Gasteiger partial charge in [0, 0.05) is 30.4 Å². The van der Waals surface area contributed by atoms with Gasteiger partial charge in [-0.3, -0.25) is 0 Å². The summed E-state index contributed by atoms with van der Waals surface area (Å²) >= 11 is 0. The zero-order chi connectivity index (χ0) is 10.1. The summed E-state index contributed by atoms with van der Waals surface area (Å²) in [6.45, 7) is 8.80. The summed E-state index contributed by atoms with van der Waals surface area (Å²) in [5, 5.41) is 3.39. The van der Waals surface area contributed by atoms with Gasteiger partial charge in [0.25, 0.3) is 0 Å². The smallest absolute Gasteiger partial charge is 0.113 e. The average Bonchev–Trinajstić information content (AvgIpc) is 2.70. The molecular weight excluding hydrogens is 174 g/mol. The lowest BCUT2D eigenvalue weighted by molar-refractivity contribution is 0.527. The van der Waals surface area contributed by atoms with Crippen molar-refractivity contribution in [3.05, 3.63) is 17.7 Å². The molecule has 0 bridgehead atoms. The van der Waals surface area contributed by atoms with E-state index >= 15 is 0 Å². The largest absolute Gasteiger partial charge is 0.330 e. The van der Waals surface area contributed by atoms with Gasteiger partial charge < -0.3 is 9.88 Å². The van der Waals surface area contributed by atoms with Crippen molar-refractivity contribution < 1.29 is 0 Å². The predicted octanol–water partition coefficient (Wildman–Crippen LogP) is 1.85. The number of rotatable bonds is 2. The van der Waals surface area contributed by atoms with Crippen LogP contribution in [0.1, 0.15) is 43.7 Å². The summed E-state index contributed by atoms with van der Waals surface area (Å²) in [4.78, 5) is 4.54. The molecule has 1 aromatic heterocycles. The van der Waals surface area contributed by atoms with Crippen LogP contribution in [0.3, 0.4) is 0 Å². The Morgan fingerprint density at radius 3 is 2.93 bits per heavy atom. The summed E-state index contributed by atoms with van der Waals surface area (Å²) in [6, 6.07) is 0.521. The molecule has 0 aliphatic carbocycles. The topological polar surface area (TPSA) is 29.9 Å². The standard InChI is InChI=1S/C11H19N3/c1-8(2)14-9(3)6-13-11(14)10-4-5-12-7-10/h6,8,10,12H,4-5,7H2,1-3H3. The van der Waals surface area contributed by atoms with Gasteiger partial charge in [-0.1, -0.05) is 0 Å². The first-order valence-corrected chi connectivity index (χ1v) is 5.44. The second kappa shape index (κ2) is 3.73. The molecule has 0 radical (unpaired) electrons. The van der Waals surface area contributed by atoms with Crippen LogP contribution in [0.4, 0.5) is 0 Å². The highest BCUT2D eigenvalue weighted by Gasteiger charge is 2.22. The molecule has 0 saturated carbocycles. The molecule has 1 atom stereocenters. The highest BCUT2D eigenvalue weighted by atomic mass is 15.1. The van der Waals surface area contributed by atoms with E-state index in [1.54, 1.807) is 0 Å². The summed E-state index contributed by atoms with van der Waals surface area (Å²) in [7, 11) is 0. The van der Waals surface area contributed by atoms with Gasteiger partial charge in [-0.25, -0.2) is 4.98 Å². The van der Waals surface area contributed by atoms with E-state index in [1.165, 1.54) is 17.9 Å². The molecule has 2 rings (SSSR count). The summed E-state index contributed by atoms with van der Waals surface area (Å²) < 4.78 is 2.36.